The average molecular weight is 412 g/mol. The zero-order valence-corrected chi connectivity index (χ0v) is 17.7. The molecule has 1 aromatic rings. The van der Waals surface area contributed by atoms with E-state index in [-0.39, 0.29) is 36.6 Å². The van der Waals surface area contributed by atoms with E-state index < -0.39 is 5.60 Å². The monoisotopic (exact) mass is 412 g/mol. The van der Waals surface area contributed by atoms with Crippen LogP contribution in [0.5, 0.6) is 17.2 Å². The number of ketones is 1. The number of fused-ring (bicyclic) bond motifs is 6. The number of ether oxygens (including phenoxy) is 3. The van der Waals surface area contributed by atoms with Crippen LogP contribution in [0.3, 0.4) is 0 Å². The summed E-state index contributed by atoms with van der Waals surface area (Å²) in [7, 11) is 0. The number of carbonyl (C=O) groups is 2. The molecule has 1 saturated heterocycles. The van der Waals surface area contributed by atoms with Gasteiger partial charge < -0.3 is 24.4 Å². The van der Waals surface area contributed by atoms with Crippen molar-refractivity contribution in [3.05, 3.63) is 22.8 Å². The molecule has 1 aromatic carbocycles. The second-order valence-electron chi connectivity index (χ2n) is 9.21. The number of piperazine rings is 1. The van der Waals surface area contributed by atoms with Crippen molar-refractivity contribution in [2.45, 2.75) is 51.2 Å². The molecule has 0 aliphatic carbocycles. The zero-order valence-electron chi connectivity index (χ0n) is 17.7. The summed E-state index contributed by atoms with van der Waals surface area (Å²) in [5.74, 6) is 1.08. The van der Waals surface area contributed by atoms with Gasteiger partial charge in [0.25, 0.3) is 0 Å². The van der Waals surface area contributed by atoms with E-state index in [1.807, 2.05) is 32.9 Å². The van der Waals surface area contributed by atoms with Crippen molar-refractivity contribution in [3.8, 4) is 17.2 Å². The molecule has 2 atom stereocenters. The van der Waals surface area contributed by atoms with Gasteiger partial charge in [-0.3, -0.25) is 9.59 Å². The predicted octanol–water partition coefficient (Wildman–Crippen LogP) is 2.52. The third-order valence-electron chi connectivity index (χ3n) is 6.25. The van der Waals surface area contributed by atoms with Gasteiger partial charge in [-0.05, 0) is 32.9 Å². The third-order valence-corrected chi connectivity index (χ3v) is 6.25. The maximum absolute atomic E-state index is 13.0. The van der Waals surface area contributed by atoms with Crippen LogP contribution in [0.2, 0.25) is 0 Å². The lowest BCUT2D eigenvalue weighted by Crippen LogP contribution is -2.45. The zero-order chi connectivity index (χ0) is 21.0. The van der Waals surface area contributed by atoms with E-state index in [4.69, 9.17) is 14.2 Å². The van der Waals surface area contributed by atoms with Crippen molar-refractivity contribution in [3.63, 3.8) is 0 Å². The molecule has 4 heterocycles. The molecule has 0 saturated carbocycles. The Bertz CT molecular complexity index is 946. The fourth-order valence-electron chi connectivity index (χ4n) is 4.84. The van der Waals surface area contributed by atoms with E-state index in [9.17, 15) is 9.59 Å². The second kappa shape index (κ2) is 7.10. The van der Waals surface area contributed by atoms with Gasteiger partial charge in [0.15, 0.2) is 11.5 Å². The highest BCUT2D eigenvalue weighted by Gasteiger charge is 2.43. The van der Waals surface area contributed by atoms with Crippen molar-refractivity contribution in [2.24, 2.45) is 0 Å². The second-order valence-corrected chi connectivity index (χ2v) is 9.21. The smallest absolute Gasteiger partial charge is 0.311 e. The van der Waals surface area contributed by atoms with Crippen LogP contribution in [0.4, 0.5) is 0 Å². The quantitative estimate of drug-likeness (QED) is 0.591. The lowest BCUT2D eigenvalue weighted by atomic mass is 9.83. The van der Waals surface area contributed by atoms with E-state index in [0.717, 1.165) is 43.9 Å². The number of hydrogen-bond donors (Lipinski definition) is 1. The van der Waals surface area contributed by atoms with Crippen LogP contribution in [0.15, 0.2) is 6.08 Å². The first-order chi connectivity index (χ1) is 14.3. The van der Waals surface area contributed by atoms with Crippen molar-refractivity contribution in [1.29, 1.82) is 0 Å². The molecule has 0 spiro atoms. The first-order valence-electron chi connectivity index (χ1n) is 10.8. The maximum atomic E-state index is 13.0. The molecule has 30 heavy (non-hydrogen) atoms. The van der Waals surface area contributed by atoms with Gasteiger partial charge in [0.1, 0.15) is 28.8 Å². The van der Waals surface area contributed by atoms with Crippen LogP contribution < -0.4 is 19.5 Å². The average Bonchev–Trinajstić information content (AvgIpc) is 2.67. The highest BCUT2D eigenvalue weighted by atomic mass is 16.5. The van der Waals surface area contributed by atoms with E-state index in [2.05, 4.69) is 10.2 Å². The van der Waals surface area contributed by atoms with Crippen molar-refractivity contribution < 1.29 is 23.8 Å². The van der Waals surface area contributed by atoms with Crippen LogP contribution in [0, 0.1) is 0 Å². The fourth-order valence-corrected chi connectivity index (χ4v) is 4.84. The van der Waals surface area contributed by atoms with Gasteiger partial charge in [0.2, 0.25) is 0 Å². The first kappa shape index (κ1) is 19.6. The summed E-state index contributed by atoms with van der Waals surface area (Å²) in [6.07, 6.45) is 4.29. The van der Waals surface area contributed by atoms with Gasteiger partial charge in [0, 0.05) is 50.6 Å². The van der Waals surface area contributed by atoms with E-state index in [1.165, 1.54) is 0 Å². The molecule has 1 fully saturated rings. The molecule has 0 amide bonds. The van der Waals surface area contributed by atoms with Crippen molar-refractivity contribution in [1.82, 2.24) is 10.2 Å². The summed E-state index contributed by atoms with van der Waals surface area (Å²) >= 11 is 0. The van der Waals surface area contributed by atoms with Crippen LogP contribution in [0.1, 0.15) is 61.0 Å². The van der Waals surface area contributed by atoms with Gasteiger partial charge >= 0.3 is 5.97 Å². The number of rotatable bonds is 2. The van der Waals surface area contributed by atoms with Crippen molar-refractivity contribution >= 4 is 17.8 Å². The molecular weight excluding hydrogens is 384 g/mol. The number of Topliss-reactive ketones (excluding diaryl/α,β-unsaturated/α-hetero) is 1. The Balaban J connectivity index is 1.69. The SMILES string of the molecule is CC1CC(=O)c2c(c3c(c4c2OC(=O)CC4CN2CCNCC2)OC(C)(C)C=C3)O1. The maximum Gasteiger partial charge on any atom is 0.311 e. The lowest BCUT2D eigenvalue weighted by Gasteiger charge is -2.39. The summed E-state index contributed by atoms with van der Waals surface area (Å²) in [6, 6.07) is 0. The Morgan fingerprint density at radius 3 is 2.67 bits per heavy atom. The molecule has 2 unspecified atom stereocenters. The molecule has 0 aromatic heterocycles. The van der Waals surface area contributed by atoms with Gasteiger partial charge in [-0.1, -0.05) is 0 Å². The molecule has 4 aliphatic rings. The minimum Gasteiger partial charge on any atom is -0.489 e. The molecule has 5 rings (SSSR count). The van der Waals surface area contributed by atoms with Crippen LogP contribution in [0.25, 0.3) is 6.08 Å². The standard InChI is InChI=1S/C23H28N2O5/c1-13-10-16(26)19-20(28-13)15-4-5-23(2,3)30-21(15)18-14(11-17(27)29-22(18)19)12-25-8-6-24-7-9-25/h4-5,13-14,24H,6-12H2,1-3H3. The molecular formula is C23H28N2O5. The minimum absolute atomic E-state index is 0.0448. The normalized spacial score (nSPS) is 27.3. The Kier molecular flexibility index (Phi) is 4.63. The number of hydrogen-bond acceptors (Lipinski definition) is 7. The highest BCUT2D eigenvalue weighted by molar-refractivity contribution is 6.06. The van der Waals surface area contributed by atoms with Crippen LogP contribution in [-0.4, -0.2) is 61.1 Å². The summed E-state index contributed by atoms with van der Waals surface area (Å²) in [4.78, 5) is 28.0. The summed E-state index contributed by atoms with van der Waals surface area (Å²) in [6.45, 7) is 10.3. The summed E-state index contributed by atoms with van der Waals surface area (Å²) < 4.78 is 18.2. The summed E-state index contributed by atoms with van der Waals surface area (Å²) in [5, 5.41) is 3.36. The number of esters is 1. The van der Waals surface area contributed by atoms with Gasteiger partial charge in [-0.2, -0.15) is 0 Å². The van der Waals surface area contributed by atoms with Gasteiger partial charge in [-0.25, -0.2) is 0 Å². The highest BCUT2D eigenvalue weighted by Crippen LogP contribution is 2.54. The number of benzene rings is 1. The van der Waals surface area contributed by atoms with E-state index in [0.29, 0.717) is 22.8 Å². The largest absolute Gasteiger partial charge is 0.489 e. The van der Waals surface area contributed by atoms with Gasteiger partial charge in [0.05, 0.1) is 12.0 Å². The molecule has 7 nitrogen and oxygen atoms in total. The van der Waals surface area contributed by atoms with Gasteiger partial charge in [-0.15, -0.1) is 0 Å². The number of nitrogens with one attached hydrogen (secondary N) is 1. The third kappa shape index (κ3) is 3.30. The van der Waals surface area contributed by atoms with E-state index >= 15 is 0 Å². The Hall–Kier alpha value is -2.38. The fraction of sp³-hybridized carbons (Fsp3) is 0.565. The summed E-state index contributed by atoms with van der Waals surface area (Å²) in [5.41, 5.74) is 1.52. The molecule has 7 heteroatoms. The number of carbonyl (C=O) groups excluding carboxylic acids is 2. The molecule has 0 radical (unpaired) electrons. The first-order valence-corrected chi connectivity index (χ1v) is 10.8. The molecule has 0 bridgehead atoms. The Morgan fingerprint density at radius 1 is 1.13 bits per heavy atom. The van der Waals surface area contributed by atoms with Crippen LogP contribution in [-0.2, 0) is 4.79 Å². The molecule has 160 valence electrons. The topological polar surface area (TPSA) is 77.1 Å². The minimum atomic E-state index is -0.500. The van der Waals surface area contributed by atoms with E-state index in [1.54, 1.807) is 0 Å². The molecule has 1 N–H and O–H groups in total. The lowest BCUT2D eigenvalue weighted by molar-refractivity contribution is -0.136. The molecule has 4 aliphatic heterocycles. The van der Waals surface area contributed by atoms with Crippen molar-refractivity contribution in [2.75, 3.05) is 32.7 Å². The predicted molar refractivity (Wildman–Crippen MR) is 112 cm³/mol. The number of nitrogens with zero attached hydrogens (tertiary/aromatic N) is 1. The Morgan fingerprint density at radius 2 is 1.90 bits per heavy atom. The van der Waals surface area contributed by atoms with Crippen LogP contribution >= 0.6 is 0 Å². The Labute approximate surface area is 176 Å².